The van der Waals surface area contributed by atoms with Crippen LogP contribution in [-0.2, 0) is 9.53 Å². The molecule has 0 aliphatic heterocycles. The molecular formula is C9H17N3O2. The molecule has 0 saturated carbocycles. The molecule has 0 aromatic heterocycles. The van der Waals surface area contributed by atoms with Crippen LogP contribution in [0.2, 0.25) is 0 Å². The molecule has 0 amide bonds. The Kier molecular flexibility index (Phi) is 7.65. The van der Waals surface area contributed by atoms with Crippen LogP contribution in [0.15, 0.2) is 5.11 Å². The van der Waals surface area contributed by atoms with E-state index in [4.69, 9.17) is 10.3 Å². The predicted octanol–water partition coefficient (Wildman–Crippen LogP) is 2.67. The number of carbonyl (C=O) groups is 1. The summed E-state index contributed by atoms with van der Waals surface area (Å²) in [6.07, 6.45) is 2.46. The van der Waals surface area contributed by atoms with Gasteiger partial charge in [0.1, 0.15) is 0 Å². The molecule has 0 bridgehead atoms. The van der Waals surface area contributed by atoms with E-state index in [1.165, 1.54) is 0 Å². The second-order valence-corrected chi connectivity index (χ2v) is 3.17. The molecule has 14 heavy (non-hydrogen) atoms. The Morgan fingerprint density at radius 1 is 1.64 bits per heavy atom. The third-order valence-electron chi connectivity index (χ3n) is 1.87. The van der Waals surface area contributed by atoms with Crippen LogP contribution in [0.5, 0.6) is 0 Å². The minimum absolute atomic E-state index is 0.183. The van der Waals surface area contributed by atoms with Crippen LogP contribution >= 0.6 is 0 Å². The van der Waals surface area contributed by atoms with E-state index in [0.717, 1.165) is 12.8 Å². The van der Waals surface area contributed by atoms with Crippen LogP contribution in [-0.4, -0.2) is 19.1 Å². The molecule has 0 saturated heterocycles. The average Bonchev–Trinajstić information content (AvgIpc) is 2.18. The van der Waals surface area contributed by atoms with Gasteiger partial charge in [-0.25, -0.2) is 0 Å². The van der Waals surface area contributed by atoms with Crippen LogP contribution in [0.3, 0.4) is 0 Å². The zero-order chi connectivity index (χ0) is 10.8. The Bertz CT molecular complexity index is 212. The second-order valence-electron chi connectivity index (χ2n) is 3.17. The molecule has 5 heteroatoms. The molecule has 0 radical (unpaired) electrons. The number of carbonyl (C=O) groups excluding carboxylic acids is 1. The van der Waals surface area contributed by atoms with Gasteiger partial charge in [0.15, 0.2) is 0 Å². The largest absolute Gasteiger partial charge is 0.465 e. The van der Waals surface area contributed by atoms with Crippen molar-refractivity contribution in [1.29, 1.82) is 0 Å². The zero-order valence-corrected chi connectivity index (χ0v) is 8.77. The van der Waals surface area contributed by atoms with Gasteiger partial charge in [-0.15, -0.1) is 0 Å². The van der Waals surface area contributed by atoms with Gasteiger partial charge in [-0.3, -0.25) is 4.79 Å². The second kappa shape index (κ2) is 8.38. The third-order valence-corrected chi connectivity index (χ3v) is 1.87. The Morgan fingerprint density at radius 3 is 2.93 bits per heavy atom. The molecule has 0 heterocycles. The molecule has 0 rings (SSSR count). The van der Waals surface area contributed by atoms with Crippen molar-refractivity contribution < 1.29 is 9.53 Å². The Labute approximate surface area is 84.1 Å². The summed E-state index contributed by atoms with van der Waals surface area (Å²) in [6, 6.07) is 0. The Hall–Kier alpha value is -1.22. The van der Waals surface area contributed by atoms with Crippen molar-refractivity contribution in [1.82, 2.24) is 0 Å². The maximum atomic E-state index is 11.3. The topological polar surface area (TPSA) is 75.1 Å². The average molecular weight is 199 g/mol. The first-order valence-corrected chi connectivity index (χ1v) is 4.89. The molecule has 1 unspecified atom stereocenters. The van der Waals surface area contributed by atoms with E-state index in [1.807, 2.05) is 6.92 Å². The number of rotatable bonds is 7. The van der Waals surface area contributed by atoms with E-state index >= 15 is 0 Å². The number of azide groups is 1. The van der Waals surface area contributed by atoms with Crippen LogP contribution in [0.25, 0.3) is 10.4 Å². The van der Waals surface area contributed by atoms with Gasteiger partial charge < -0.3 is 4.74 Å². The number of unbranched alkanes of at least 4 members (excludes halogenated alkanes) is 1. The number of ether oxygens (including phenoxy) is 1. The summed E-state index contributed by atoms with van der Waals surface area (Å²) >= 11 is 0. The van der Waals surface area contributed by atoms with E-state index in [-0.39, 0.29) is 11.9 Å². The fraction of sp³-hybridized carbons (Fsp3) is 0.889. The van der Waals surface area contributed by atoms with Crippen LogP contribution in [0.4, 0.5) is 0 Å². The monoisotopic (exact) mass is 199 g/mol. The quantitative estimate of drug-likeness (QED) is 0.208. The van der Waals surface area contributed by atoms with Crippen LogP contribution in [0.1, 0.15) is 33.1 Å². The van der Waals surface area contributed by atoms with Gasteiger partial charge in [0.25, 0.3) is 0 Å². The molecule has 0 fully saturated rings. The SMILES string of the molecule is CCCCOC(=O)C(C)CCN=[N+]=[N-]. The van der Waals surface area contributed by atoms with E-state index < -0.39 is 0 Å². The van der Waals surface area contributed by atoms with Gasteiger partial charge in [0, 0.05) is 11.5 Å². The minimum atomic E-state index is -0.202. The highest BCUT2D eigenvalue weighted by Crippen LogP contribution is 2.05. The predicted molar refractivity (Wildman–Crippen MR) is 53.7 cm³/mol. The van der Waals surface area contributed by atoms with Gasteiger partial charge in [-0.1, -0.05) is 25.4 Å². The molecule has 80 valence electrons. The van der Waals surface area contributed by atoms with E-state index in [2.05, 4.69) is 10.0 Å². The van der Waals surface area contributed by atoms with Crippen molar-refractivity contribution in [2.24, 2.45) is 11.0 Å². The number of esters is 1. The van der Waals surface area contributed by atoms with Crippen LogP contribution < -0.4 is 0 Å². The summed E-state index contributed by atoms with van der Waals surface area (Å²) in [7, 11) is 0. The first-order valence-electron chi connectivity index (χ1n) is 4.89. The van der Waals surface area contributed by atoms with E-state index in [0.29, 0.717) is 19.6 Å². The fourth-order valence-corrected chi connectivity index (χ4v) is 0.873. The summed E-state index contributed by atoms with van der Waals surface area (Å²) in [5, 5.41) is 3.36. The third kappa shape index (κ3) is 6.31. The number of hydrogen-bond donors (Lipinski definition) is 0. The van der Waals surface area contributed by atoms with Crippen molar-refractivity contribution in [3.8, 4) is 0 Å². The Morgan fingerprint density at radius 2 is 2.36 bits per heavy atom. The molecule has 5 nitrogen and oxygen atoms in total. The first kappa shape index (κ1) is 12.8. The molecule has 0 aromatic rings. The fourth-order valence-electron chi connectivity index (χ4n) is 0.873. The summed E-state index contributed by atoms with van der Waals surface area (Å²) in [6.45, 7) is 4.65. The van der Waals surface area contributed by atoms with Crippen molar-refractivity contribution in [2.75, 3.05) is 13.2 Å². The zero-order valence-electron chi connectivity index (χ0n) is 8.77. The maximum Gasteiger partial charge on any atom is 0.308 e. The molecule has 0 spiro atoms. The number of nitrogens with zero attached hydrogens (tertiary/aromatic N) is 3. The summed E-state index contributed by atoms with van der Waals surface area (Å²) in [5.41, 5.74) is 8.03. The first-order chi connectivity index (χ1) is 6.72. The highest BCUT2D eigenvalue weighted by Gasteiger charge is 2.12. The van der Waals surface area contributed by atoms with Gasteiger partial charge in [0.05, 0.1) is 12.5 Å². The highest BCUT2D eigenvalue weighted by atomic mass is 16.5. The molecule has 1 atom stereocenters. The molecule has 0 N–H and O–H groups in total. The lowest BCUT2D eigenvalue weighted by atomic mass is 10.1. The summed E-state index contributed by atoms with van der Waals surface area (Å²) in [4.78, 5) is 13.9. The molecule has 0 aliphatic carbocycles. The van der Waals surface area contributed by atoms with E-state index in [1.54, 1.807) is 6.92 Å². The van der Waals surface area contributed by atoms with Crippen molar-refractivity contribution in [2.45, 2.75) is 33.1 Å². The minimum Gasteiger partial charge on any atom is -0.465 e. The molecular weight excluding hydrogens is 182 g/mol. The lowest BCUT2D eigenvalue weighted by molar-refractivity contribution is -0.148. The highest BCUT2D eigenvalue weighted by molar-refractivity contribution is 5.71. The maximum absolute atomic E-state index is 11.3. The van der Waals surface area contributed by atoms with Crippen molar-refractivity contribution in [3.63, 3.8) is 0 Å². The van der Waals surface area contributed by atoms with Gasteiger partial charge in [-0.2, -0.15) is 0 Å². The van der Waals surface area contributed by atoms with Gasteiger partial charge in [-0.05, 0) is 18.4 Å². The summed E-state index contributed by atoms with van der Waals surface area (Å²) in [5.74, 6) is -0.385. The molecule has 0 aromatic carbocycles. The Balaban J connectivity index is 3.59. The van der Waals surface area contributed by atoms with Crippen LogP contribution in [0, 0.1) is 5.92 Å². The van der Waals surface area contributed by atoms with Gasteiger partial charge >= 0.3 is 5.97 Å². The number of hydrogen-bond acceptors (Lipinski definition) is 3. The smallest absolute Gasteiger partial charge is 0.308 e. The summed E-state index contributed by atoms with van der Waals surface area (Å²) < 4.78 is 5.00. The standard InChI is InChI=1S/C9H17N3O2/c1-3-4-7-14-9(13)8(2)5-6-11-12-10/h8H,3-7H2,1-2H3. The molecule has 0 aliphatic rings. The lowest BCUT2D eigenvalue weighted by Gasteiger charge is -2.09. The van der Waals surface area contributed by atoms with Crippen molar-refractivity contribution in [3.05, 3.63) is 10.4 Å². The van der Waals surface area contributed by atoms with E-state index in [9.17, 15) is 4.79 Å². The van der Waals surface area contributed by atoms with Crippen molar-refractivity contribution >= 4 is 5.97 Å². The lowest BCUT2D eigenvalue weighted by Crippen LogP contribution is -2.16. The normalized spacial score (nSPS) is 11.6. The van der Waals surface area contributed by atoms with Gasteiger partial charge in [0.2, 0.25) is 0 Å².